The zero-order valence-electron chi connectivity index (χ0n) is 16.5. The lowest BCUT2D eigenvalue weighted by Crippen LogP contribution is -2.33. The summed E-state index contributed by atoms with van der Waals surface area (Å²) in [5.74, 6) is -0.293. The normalized spacial score (nSPS) is 12.2. The van der Waals surface area contributed by atoms with Crippen LogP contribution in [0.5, 0.6) is 0 Å². The Morgan fingerprint density at radius 2 is 1.60 bits per heavy atom. The second-order valence-electron chi connectivity index (χ2n) is 7.01. The van der Waals surface area contributed by atoms with Crippen LogP contribution in [0.1, 0.15) is 29.3 Å². The van der Waals surface area contributed by atoms with E-state index in [2.05, 4.69) is 22.2 Å². The Balaban J connectivity index is 1.62. The third-order valence-electron chi connectivity index (χ3n) is 4.61. The Bertz CT molecular complexity index is 1100. The number of hydrogen-bond acceptors (Lipinski definition) is 3. The number of carbonyl (C=O) groups is 1. The van der Waals surface area contributed by atoms with Gasteiger partial charge in [0.25, 0.3) is 15.9 Å². The van der Waals surface area contributed by atoms with Crippen molar-refractivity contribution in [3.05, 3.63) is 95.0 Å². The van der Waals surface area contributed by atoms with Crippen molar-refractivity contribution < 1.29 is 13.2 Å². The quantitative estimate of drug-likeness (QED) is 0.521. The van der Waals surface area contributed by atoms with E-state index in [1.165, 1.54) is 35.9 Å². The number of anilines is 1. The van der Waals surface area contributed by atoms with E-state index in [0.29, 0.717) is 5.56 Å². The van der Waals surface area contributed by atoms with Gasteiger partial charge in [0.15, 0.2) is 0 Å². The molecule has 0 bridgehead atoms. The summed E-state index contributed by atoms with van der Waals surface area (Å²) in [6, 6.07) is 22.5. The van der Waals surface area contributed by atoms with Gasteiger partial charge in [-0.05, 0) is 55.7 Å². The van der Waals surface area contributed by atoms with E-state index in [1.807, 2.05) is 25.1 Å². The summed E-state index contributed by atoms with van der Waals surface area (Å²) in [4.78, 5) is 12.7. The number of amides is 1. The molecule has 3 rings (SSSR count). The van der Waals surface area contributed by atoms with E-state index in [-0.39, 0.29) is 27.6 Å². The summed E-state index contributed by atoms with van der Waals surface area (Å²) in [6.45, 7) is 1.94. The first-order valence-electron chi connectivity index (χ1n) is 9.57. The first kappa shape index (κ1) is 21.9. The maximum Gasteiger partial charge on any atom is 0.261 e. The van der Waals surface area contributed by atoms with Crippen LogP contribution >= 0.6 is 11.6 Å². The van der Waals surface area contributed by atoms with Gasteiger partial charge in [-0.15, -0.1) is 0 Å². The van der Waals surface area contributed by atoms with Crippen molar-refractivity contribution in [2.45, 2.75) is 30.7 Å². The maximum atomic E-state index is 12.6. The van der Waals surface area contributed by atoms with Gasteiger partial charge in [0, 0.05) is 6.04 Å². The Morgan fingerprint density at radius 1 is 0.967 bits per heavy atom. The SMILES string of the molecule is C[C@H](CCc1ccccc1)NC(=O)c1ccc(NS(=O)(=O)c2ccccc2)cc1Cl. The molecule has 1 amide bonds. The van der Waals surface area contributed by atoms with Crippen molar-refractivity contribution in [1.29, 1.82) is 0 Å². The molecular weight excluding hydrogens is 420 g/mol. The number of hydrogen-bond donors (Lipinski definition) is 2. The minimum Gasteiger partial charge on any atom is -0.350 e. The zero-order chi connectivity index (χ0) is 21.6. The average Bonchev–Trinajstić information content (AvgIpc) is 2.73. The number of nitrogens with one attached hydrogen (secondary N) is 2. The summed E-state index contributed by atoms with van der Waals surface area (Å²) in [5.41, 5.74) is 1.80. The molecule has 0 aromatic heterocycles. The molecule has 156 valence electrons. The van der Waals surface area contributed by atoms with E-state index in [9.17, 15) is 13.2 Å². The average molecular weight is 443 g/mol. The highest BCUT2D eigenvalue weighted by atomic mass is 35.5. The van der Waals surface area contributed by atoms with E-state index in [0.717, 1.165) is 12.8 Å². The molecule has 3 aromatic rings. The van der Waals surface area contributed by atoms with Crippen LogP contribution in [-0.4, -0.2) is 20.4 Å². The Labute approximate surface area is 182 Å². The minimum absolute atomic E-state index is 0.0370. The van der Waals surface area contributed by atoms with Crippen molar-refractivity contribution >= 4 is 33.2 Å². The topological polar surface area (TPSA) is 75.3 Å². The van der Waals surface area contributed by atoms with Gasteiger partial charge in [-0.1, -0.05) is 60.1 Å². The minimum atomic E-state index is -3.73. The number of sulfonamides is 1. The highest BCUT2D eigenvalue weighted by Gasteiger charge is 2.17. The number of carbonyl (C=O) groups excluding carboxylic acids is 1. The van der Waals surface area contributed by atoms with Crippen LogP contribution in [0.15, 0.2) is 83.8 Å². The number of rotatable bonds is 8. The summed E-state index contributed by atoms with van der Waals surface area (Å²) < 4.78 is 27.3. The Morgan fingerprint density at radius 3 is 2.23 bits per heavy atom. The first-order valence-corrected chi connectivity index (χ1v) is 11.4. The van der Waals surface area contributed by atoms with Crippen LogP contribution in [0.25, 0.3) is 0 Å². The number of halogens is 1. The van der Waals surface area contributed by atoms with Gasteiger partial charge in [0.05, 0.1) is 21.2 Å². The molecule has 5 nitrogen and oxygen atoms in total. The van der Waals surface area contributed by atoms with E-state index >= 15 is 0 Å². The fourth-order valence-corrected chi connectivity index (χ4v) is 4.31. The Kier molecular flexibility index (Phi) is 7.13. The summed E-state index contributed by atoms with van der Waals surface area (Å²) in [5, 5.41) is 3.12. The summed E-state index contributed by atoms with van der Waals surface area (Å²) in [6.07, 6.45) is 1.65. The lowest BCUT2D eigenvalue weighted by molar-refractivity contribution is 0.0938. The van der Waals surface area contributed by atoms with Gasteiger partial charge in [-0.3, -0.25) is 9.52 Å². The molecule has 0 heterocycles. The molecule has 0 unspecified atom stereocenters. The molecular formula is C23H23ClN2O3S. The molecule has 0 radical (unpaired) electrons. The second-order valence-corrected chi connectivity index (χ2v) is 9.10. The highest BCUT2D eigenvalue weighted by Crippen LogP contribution is 2.23. The molecule has 3 aromatic carbocycles. The van der Waals surface area contributed by atoms with Crippen molar-refractivity contribution in [1.82, 2.24) is 5.32 Å². The second kappa shape index (κ2) is 9.78. The van der Waals surface area contributed by atoms with Crippen LogP contribution in [-0.2, 0) is 16.4 Å². The number of benzene rings is 3. The van der Waals surface area contributed by atoms with Crippen LogP contribution in [0.3, 0.4) is 0 Å². The monoisotopic (exact) mass is 442 g/mol. The standard InChI is InChI=1S/C23H23ClN2O3S/c1-17(12-13-18-8-4-2-5-9-18)25-23(27)21-15-14-19(16-22(21)24)26-30(28,29)20-10-6-3-7-11-20/h2-11,14-17,26H,12-13H2,1H3,(H,25,27)/t17-/m1/s1. The van der Waals surface area contributed by atoms with Crippen LogP contribution in [0, 0.1) is 0 Å². The highest BCUT2D eigenvalue weighted by molar-refractivity contribution is 7.92. The van der Waals surface area contributed by atoms with Gasteiger partial charge >= 0.3 is 0 Å². The largest absolute Gasteiger partial charge is 0.350 e. The van der Waals surface area contributed by atoms with Gasteiger partial charge in [0.2, 0.25) is 0 Å². The van der Waals surface area contributed by atoms with Crippen LogP contribution in [0.4, 0.5) is 5.69 Å². The lowest BCUT2D eigenvalue weighted by atomic mass is 10.1. The predicted molar refractivity (Wildman–Crippen MR) is 120 cm³/mol. The van der Waals surface area contributed by atoms with Gasteiger partial charge in [0.1, 0.15) is 0 Å². The Hall–Kier alpha value is -2.83. The third kappa shape index (κ3) is 5.84. The van der Waals surface area contributed by atoms with Crippen LogP contribution in [0.2, 0.25) is 5.02 Å². The fraction of sp³-hybridized carbons (Fsp3) is 0.174. The molecule has 0 aliphatic heterocycles. The number of aryl methyl sites for hydroxylation is 1. The predicted octanol–water partition coefficient (Wildman–Crippen LogP) is 4.89. The summed E-state index contributed by atoms with van der Waals surface area (Å²) in [7, 11) is -3.73. The van der Waals surface area contributed by atoms with Gasteiger partial charge in [-0.25, -0.2) is 8.42 Å². The molecule has 0 spiro atoms. The lowest BCUT2D eigenvalue weighted by Gasteiger charge is -2.15. The van der Waals surface area contributed by atoms with Gasteiger partial charge < -0.3 is 5.32 Å². The molecule has 0 aliphatic carbocycles. The molecule has 2 N–H and O–H groups in total. The molecule has 0 fully saturated rings. The molecule has 30 heavy (non-hydrogen) atoms. The van der Waals surface area contributed by atoms with Crippen molar-refractivity contribution in [3.63, 3.8) is 0 Å². The molecule has 0 saturated carbocycles. The summed E-state index contributed by atoms with van der Waals surface area (Å²) >= 11 is 6.26. The van der Waals surface area contributed by atoms with Crippen molar-refractivity contribution in [3.8, 4) is 0 Å². The van der Waals surface area contributed by atoms with Gasteiger partial charge in [-0.2, -0.15) is 0 Å². The van der Waals surface area contributed by atoms with E-state index < -0.39 is 10.0 Å². The third-order valence-corrected chi connectivity index (χ3v) is 6.32. The van der Waals surface area contributed by atoms with Crippen LogP contribution < -0.4 is 10.0 Å². The maximum absolute atomic E-state index is 12.6. The molecule has 0 saturated heterocycles. The fourth-order valence-electron chi connectivity index (χ4n) is 2.98. The van der Waals surface area contributed by atoms with Crippen molar-refractivity contribution in [2.75, 3.05) is 4.72 Å². The molecule has 7 heteroatoms. The van der Waals surface area contributed by atoms with E-state index in [4.69, 9.17) is 11.6 Å². The first-order chi connectivity index (χ1) is 14.3. The van der Waals surface area contributed by atoms with Crippen molar-refractivity contribution in [2.24, 2.45) is 0 Å². The molecule has 1 atom stereocenters. The molecule has 0 aliphatic rings. The zero-order valence-corrected chi connectivity index (χ0v) is 18.1. The smallest absolute Gasteiger partial charge is 0.261 e. The van der Waals surface area contributed by atoms with E-state index in [1.54, 1.807) is 18.2 Å².